The normalized spacial score (nSPS) is 19.3. The number of rotatable bonds is 3. The molecule has 0 saturated carbocycles. The molecule has 2 N–H and O–H groups in total. The highest BCUT2D eigenvalue weighted by molar-refractivity contribution is 5.59. The molecule has 3 nitrogen and oxygen atoms in total. The van der Waals surface area contributed by atoms with E-state index >= 15 is 0 Å². The van der Waals surface area contributed by atoms with Crippen LogP contribution in [0.5, 0.6) is 0 Å². The molecule has 94 valence electrons. The molecular formula is C15H19N3. The van der Waals surface area contributed by atoms with Gasteiger partial charge < -0.3 is 10.3 Å². The maximum Gasteiger partial charge on any atom is 0.108 e. The molecule has 1 aliphatic rings. The predicted octanol–water partition coefficient (Wildman–Crippen LogP) is 2.68. The lowest BCUT2D eigenvalue weighted by Gasteiger charge is -2.06. The summed E-state index contributed by atoms with van der Waals surface area (Å²) in [6.45, 7) is 3.26. The van der Waals surface area contributed by atoms with Crippen molar-refractivity contribution in [2.24, 2.45) is 0 Å². The Morgan fingerprint density at radius 1 is 1.39 bits per heavy atom. The van der Waals surface area contributed by atoms with E-state index in [0.29, 0.717) is 6.04 Å². The number of aromatic nitrogens is 2. The molecule has 1 aromatic heterocycles. The van der Waals surface area contributed by atoms with Crippen LogP contribution in [-0.2, 0) is 6.42 Å². The molecule has 1 saturated heterocycles. The van der Waals surface area contributed by atoms with Crippen molar-refractivity contribution in [2.45, 2.75) is 32.2 Å². The van der Waals surface area contributed by atoms with E-state index < -0.39 is 0 Å². The van der Waals surface area contributed by atoms with Gasteiger partial charge in [0, 0.05) is 12.5 Å². The van der Waals surface area contributed by atoms with Crippen LogP contribution in [0.25, 0.3) is 11.3 Å². The summed E-state index contributed by atoms with van der Waals surface area (Å²) in [5, 5.41) is 3.50. The van der Waals surface area contributed by atoms with Crippen LogP contribution in [0.4, 0.5) is 0 Å². The van der Waals surface area contributed by atoms with Crippen LogP contribution < -0.4 is 5.32 Å². The third kappa shape index (κ3) is 2.46. The second kappa shape index (κ2) is 4.94. The Morgan fingerprint density at radius 3 is 3.11 bits per heavy atom. The number of aromatic amines is 1. The molecule has 1 aliphatic heterocycles. The number of hydrogen-bond acceptors (Lipinski definition) is 2. The summed E-state index contributed by atoms with van der Waals surface area (Å²) in [6.07, 6.45) is 5.50. The lowest BCUT2D eigenvalue weighted by molar-refractivity contribution is 0.589. The minimum atomic E-state index is 0.599. The average molecular weight is 241 g/mol. The van der Waals surface area contributed by atoms with Crippen LogP contribution in [0.3, 0.4) is 0 Å². The first kappa shape index (κ1) is 11.5. The Balaban J connectivity index is 1.76. The Morgan fingerprint density at radius 2 is 2.33 bits per heavy atom. The molecule has 18 heavy (non-hydrogen) atoms. The van der Waals surface area contributed by atoms with Crippen LogP contribution in [0.1, 0.15) is 24.2 Å². The van der Waals surface area contributed by atoms with E-state index in [-0.39, 0.29) is 0 Å². The monoisotopic (exact) mass is 241 g/mol. The molecule has 2 aromatic rings. The van der Waals surface area contributed by atoms with Crippen LogP contribution >= 0.6 is 0 Å². The zero-order chi connectivity index (χ0) is 12.4. The maximum absolute atomic E-state index is 4.49. The molecule has 0 bridgehead atoms. The average Bonchev–Trinajstić information content (AvgIpc) is 3.01. The Hall–Kier alpha value is -1.61. The summed E-state index contributed by atoms with van der Waals surface area (Å²) in [4.78, 5) is 7.92. The molecule has 0 radical (unpaired) electrons. The number of H-pyrrole nitrogens is 1. The summed E-state index contributed by atoms with van der Waals surface area (Å²) in [7, 11) is 0. The molecule has 1 atom stereocenters. The summed E-state index contributed by atoms with van der Waals surface area (Å²) in [5.74, 6) is 1.09. The van der Waals surface area contributed by atoms with Crippen molar-refractivity contribution in [3.63, 3.8) is 0 Å². The number of aryl methyl sites for hydroxylation is 1. The van der Waals surface area contributed by atoms with Crippen molar-refractivity contribution < 1.29 is 0 Å². The largest absolute Gasteiger partial charge is 0.342 e. The molecule has 3 rings (SSSR count). The number of benzene rings is 1. The minimum absolute atomic E-state index is 0.599. The molecule has 3 heteroatoms. The second-order valence-corrected chi connectivity index (χ2v) is 5.11. The summed E-state index contributed by atoms with van der Waals surface area (Å²) >= 11 is 0. The van der Waals surface area contributed by atoms with Crippen molar-refractivity contribution in [1.29, 1.82) is 0 Å². The van der Waals surface area contributed by atoms with Crippen LogP contribution in [-0.4, -0.2) is 22.6 Å². The van der Waals surface area contributed by atoms with Gasteiger partial charge in [-0.05, 0) is 37.9 Å². The van der Waals surface area contributed by atoms with Gasteiger partial charge in [0.25, 0.3) is 0 Å². The fourth-order valence-corrected chi connectivity index (χ4v) is 2.59. The van der Waals surface area contributed by atoms with Crippen LogP contribution in [0.2, 0.25) is 0 Å². The van der Waals surface area contributed by atoms with Gasteiger partial charge in [-0.15, -0.1) is 0 Å². The van der Waals surface area contributed by atoms with E-state index in [0.717, 1.165) is 24.5 Å². The minimum Gasteiger partial charge on any atom is -0.342 e. The van der Waals surface area contributed by atoms with Gasteiger partial charge in [-0.3, -0.25) is 0 Å². The van der Waals surface area contributed by atoms with E-state index in [4.69, 9.17) is 0 Å². The first-order valence-electron chi connectivity index (χ1n) is 6.65. The molecule has 0 aliphatic carbocycles. The smallest absolute Gasteiger partial charge is 0.108 e. The highest BCUT2D eigenvalue weighted by Crippen LogP contribution is 2.19. The molecule has 0 amide bonds. The number of hydrogen-bond donors (Lipinski definition) is 2. The Labute approximate surface area is 108 Å². The zero-order valence-electron chi connectivity index (χ0n) is 10.7. The van der Waals surface area contributed by atoms with E-state index in [1.54, 1.807) is 0 Å². The first-order valence-corrected chi connectivity index (χ1v) is 6.65. The van der Waals surface area contributed by atoms with Gasteiger partial charge in [0.2, 0.25) is 0 Å². The second-order valence-electron chi connectivity index (χ2n) is 5.11. The number of nitrogens with zero attached hydrogens (tertiary/aromatic N) is 1. The predicted molar refractivity (Wildman–Crippen MR) is 73.5 cm³/mol. The van der Waals surface area contributed by atoms with Crippen molar-refractivity contribution in [1.82, 2.24) is 15.3 Å². The number of nitrogens with one attached hydrogen (secondary N) is 2. The quantitative estimate of drug-likeness (QED) is 0.867. The third-order valence-corrected chi connectivity index (χ3v) is 3.56. The first-order chi connectivity index (χ1) is 8.81. The SMILES string of the molecule is Cc1cccc(-c2cnc(CC3CCCN3)[nH]2)c1. The van der Waals surface area contributed by atoms with Gasteiger partial charge in [0.05, 0.1) is 11.9 Å². The van der Waals surface area contributed by atoms with Crippen molar-refractivity contribution in [3.8, 4) is 11.3 Å². The Bertz CT molecular complexity index is 524. The summed E-state index contributed by atoms with van der Waals surface area (Å²) < 4.78 is 0. The number of imidazole rings is 1. The standard InChI is InChI=1S/C15H19N3/c1-11-4-2-5-12(8-11)14-10-17-15(18-14)9-13-6-3-7-16-13/h2,4-5,8,10,13,16H,3,6-7,9H2,1H3,(H,17,18). The molecule has 0 spiro atoms. The van der Waals surface area contributed by atoms with Gasteiger partial charge in [-0.1, -0.05) is 23.8 Å². The van der Waals surface area contributed by atoms with E-state index in [1.807, 2.05) is 6.20 Å². The van der Waals surface area contributed by atoms with Crippen LogP contribution in [0.15, 0.2) is 30.5 Å². The molecule has 1 unspecified atom stereocenters. The fraction of sp³-hybridized carbons (Fsp3) is 0.400. The van der Waals surface area contributed by atoms with Crippen molar-refractivity contribution in [3.05, 3.63) is 41.9 Å². The van der Waals surface area contributed by atoms with Gasteiger partial charge in [0.15, 0.2) is 0 Å². The topological polar surface area (TPSA) is 40.7 Å². The maximum atomic E-state index is 4.49. The highest BCUT2D eigenvalue weighted by atomic mass is 15.0. The lowest BCUT2D eigenvalue weighted by atomic mass is 10.1. The molecule has 2 heterocycles. The highest BCUT2D eigenvalue weighted by Gasteiger charge is 2.16. The summed E-state index contributed by atoms with van der Waals surface area (Å²) in [6, 6.07) is 9.11. The van der Waals surface area contributed by atoms with Crippen LogP contribution in [0, 0.1) is 6.92 Å². The lowest BCUT2D eigenvalue weighted by Crippen LogP contribution is -2.24. The van der Waals surface area contributed by atoms with E-state index in [9.17, 15) is 0 Å². The van der Waals surface area contributed by atoms with Gasteiger partial charge in [0.1, 0.15) is 5.82 Å². The van der Waals surface area contributed by atoms with E-state index in [2.05, 4.69) is 46.5 Å². The van der Waals surface area contributed by atoms with Crippen molar-refractivity contribution >= 4 is 0 Å². The fourth-order valence-electron chi connectivity index (χ4n) is 2.59. The molecular weight excluding hydrogens is 222 g/mol. The van der Waals surface area contributed by atoms with Crippen molar-refractivity contribution in [2.75, 3.05) is 6.54 Å². The molecule has 1 aromatic carbocycles. The van der Waals surface area contributed by atoms with E-state index in [1.165, 1.54) is 24.0 Å². The summed E-state index contributed by atoms with van der Waals surface area (Å²) in [5.41, 5.74) is 3.61. The van der Waals surface area contributed by atoms with Gasteiger partial charge in [-0.25, -0.2) is 4.98 Å². The van der Waals surface area contributed by atoms with Gasteiger partial charge in [-0.2, -0.15) is 0 Å². The van der Waals surface area contributed by atoms with Gasteiger partial charge >= 0.3 is 0 Å². The zero-order valence-corrected chi connectivity index (χ0v) is 10.7. The third-order valence-electron chi connectivity index (χ3n) is 3.56. The Kier molecular flexibility index (Phi) is 3.15. The molecule has 1 fully saturated rings.